The predicted octanol–water partition coefficient (Wildman–Crippen LogP) is 1.63. The fourth-order valence-electron chi connectivity index (χ4n) is 1.57. The Morgan fingerprint density at radius 3 is 2.95 bits per heavy atom. The fraction of sp³-hybridized carbons (Fsp3) is 0.333. The Bertz CT molecular complexity index is 652. The van der Waals surface area contributed by atoms with E-state index in [-0.39, 0.29) is 24.2 Å². The van der Waals surface area contributed by atoms with Crippen LogP contribution in [0, 0.1) is 10.1 Å². The van der Waals surface area contributed by atoms with Crippen molar-refractivity contribution in [3.8, 4) is 0 Å². The van der Waals surface area contributed by atoms with E-state index < -0.39 is 4.92 Å². The first kappa shape index (κ1) is 13.8. The van der Waals surface area contributed by atoms with E-state index in [4.69, 9.17) is 4.42 Å². The number of amides is 1. The molecule has 0 atom stereocenters. The number of non-ortho nitro benzene ring substituents is 1. The van der Waals surface area contributed by atoms with E-state index >= 15 is 0 Å². The Hall–Kier alpha value is -2.64. The maximum absolute atomic E-state index is 11.6. The van der Waals surface area contributed by atoms with Crippen LogP contribution in [0.15, 0.2) is 22.6 Å². The average Bonchev–Trinajstić information content (AvgIpc) is 2.85. The molecule has 2 aromatic rings. The summed E-state index contributed by atoms with van der Waals surface area (Å²) < 4.78 is 5.33. The van der Waals surface area contributed by atoms with Crippen molar-refractivity contribution in [1.82, 2.24) is 9.88 Å². The number of oxazole rings is 1. The zero-order chi connectivity index (χ0) is 14.7. The van der Waals surface area contributed by atoms with Crippen LogP contribution < -0.4 is 5.32 Å². The maximum atomic E-state index is 11.6. The fourth-order valence-corrected chi connectivity index (χ4v) is 1.57. The van der Waals surface area contributed by atoms with Gasteiger partial charge in [0.1, 0.15) is 5.52 Å². The number of carbonyl (C=O) groups is 1. The van der Waals surface area contributed by atoms with Gasteiger partial charge >= 0.3 is 0 Å². The summed E-state index contributed by atoms with van der Waals surface area (Å²) in [7, 11) is 1.69. The number of benzene rings is 1. The highest BCUT2D eigenvalue weighted by Crippen LogP contribution is 2.23. The van der Waals surface area contributed by atoms with Gasteiger partial charge in [-0.15, -0.1) is 0 Å². The Labute approximate surface area is 114 Å². The van der Waals surface area contributed by atoms with Gasteiger partial charge in [-0.05, 0) is 13.0 Å². The topological polar surface area (TPSA) is 102 Å². The minimum absolute atomic E-state index is 0.0548. The van der Waals surface area contributed by atoms with Crippen LogP contribution in [0.4, 0.5) is 11.7 Å². The van der Waals surface area contributed by atoms with Crippen LogP contribution >= 0.6 is 0 Å². The Balaban J connectivity index is 2.12. The maximum Gasteiger partial charge on any atom is 0.296 e. The number of nitro groups is 1. The average molecular weight is 278 g/mol. The van der Waals surface area contributed by atoms with E-state index in [0.717, 1.165) is 0 Å². The Kier molecular flexibility index (Phi) is 3.83. The van der Waals surface area contributed by atoms with Gasteiger partial charge in [0, 0.05) is 19.7 Å². The van der Waals surface area contributed by atoms with Crippen molar-refractivity contribution >= 4 is 28.7 Å². The summed E-state index contributed by atoms with van der Waals surface area (Å²) in [5, 5.41) is 13.4. The smallest absolute Gasteiger partial charge is 0.296 e. The first-order valence-electron chi connectivity index (χ1n) is 6.04. The second-order valence-corrected chi connectivity index (χ2v) is 4.19. The number of rotatable bonds is 5. The Morgan fingerprint density at radius 1 is 1.55 bits per heavy atom. The van der Waals surface area contributed by atoms with E-state index in [2.05, 4.69) is 10.3 Å². The third-order valence-electron chi connectivity index (χ3n) is 2.87. The quantitative estimate of drug-likeness (QED) is 0.658. The first-order valence-corrected chi connectivity index (χ1v) is 6.04. The molecule has 1 aromatic carbocycles. The second kappa shape index (κ2) is 5.55. The molecule has 0 fully saturated rings. The molecule has 1 N–H and O–H groups in total. The SMILES string of the molecule is CCN(C)C(=O)CNc1nc2ccc([N+](=O)[O-])cc2o1. The number of aromatic nitrogens is 1. The molecule has 0 aliphatic heterocycles. The number of carbonyl (C=O) groups excluding carboxylic acids is 1. The second-order valence-electron chi connectivity index (χ2n) is 4.19. The molecule has 0 bridgehead atoms. The van der Waals surface area contributed by atoms with Gasteiger partial charge in [0.25, 0.3) is 11.7 Å². The van der Waals surface area contributed by atoms with E-state index in [0.29, 0.717) is 17.6 Å². The van der Waals surface area contributed by atoms with Gasteiger partial charge in [-0.25, -0.2) is 0 Å². The lowest BCUT2D eigenvalue weighted by atomic mass is 10.3. The molecule has 0 aliphatic rings. The van der Waals surface area contributed by atoms with Gasteiger partial charge in [-0.2, -0.15) is 4.98 Å². The van der Waals surface area contributed by atoms with Gasteiger partial charge in [-0.1, -0.05) is 0 Å². The molecule has 0 saturated heterocycles. The molecule has 2 rings (SSSR count). The summed E-state index contributed by atoms with van der Waals surface area (Å²) in [6.45, 7) is 2.54. The van der Waals surface area contributed by atoms with E-state index in [9.17, 15) is 14.9 Å². The highest BCUT2D eigenvalue weighted by Gasteiger charge is 2.13. The van der Waals surface area contributed by atoms with Gasteiger partial charge < -0.3 is 14.6 Å². The summed E-state index contributed by atoms with van der Waals surface area (Å²) in [5.41, 5.74) is 0.731. The van der Waals surface area contributed by atoms with Crippen LogP contribution in [-0.2, 0) is 4.79 Å². The summed E-state index contributed by atoms with van der Waals surface area (Å²) in [6, 6.07) is 4.32. The molecule has 0 saturated carbocycles. The lowest BCUT2D eigenvalue weighted by Gasteiger charge is -2.13. The summed E-state index contributed by atoms with van der Waals surface area (Å²) in [6.07, 6.45) is 0. The van der Waals surface area contributed by atoms with Crippen LogP contribution in [0.3, 0.4) is 0 Å². The molecule has 0 unspecified atom stereocenters. The van der Waals surface area contributed by atoms with Crippen LogP contribution in [0.25, 0.3) is 11.1 Å². The lowest BCUT2D eigenvalue weighted by molar-refractivity contribution is -0.384. The summed E-state index contributed by atoms with van der Waals surface area (Å²) in [4.78, 5) is 27.4. The van der Waals surface area contributed by atoms with Gasteiger partial charge in [0.2, 0.25) is 5.91 Å². The molecule has 8 heteroatoms. The van der Waals surface area contributed by atoms with Crippen LogP contribution in [0.5, 0.6) is 0 Å². The molecule has 0 radical (unpaired) electrons. The number of likely N-dealkylation sites (N-methyl/N-ethyl adjacent to an activating group) is 1. The number of nitro benzene ring substituents is 1. The largest absolute Gasteiger partial charge is 0.423 e. The van der Waals surface area contributed by atoms with Crippen LogP contribution in [-0.4, -0.2) is 40.9 Å². The number of nitrogens with one attached hydrogen (secondary N) is 1. The number of hydrogen-bond acceptors (Lipinski definition) is 6. The van der Waals surface area contributed by atoms with Gasteiger partial charge in [0.15, 0.2) is 5.58 Å². The van der Waals surface area contributed by atoms with Crippen molar-refractivity contribution in [3.05, 3.63) is 28.3 Å². The molecule has 0 aliphatic carbocycles. The van der Waals surface area contributed by atoms with Crippen molar-refractivity contribution < 1.29 is 14.1 Å². The van der Waals surface area contributed by atoms with Crippen LogP contribution in [0.2, 0.25) is 0 Å². The van der Waals surface area contributed by atoms with Crippen molar-refractivity contribution in [2.75, 3.05) is 25.5 Å². The van der Waals surface area contributed by atoms with Gasteiger partial charge in [0.05, 0.1) is 17.5 Å². The van der Waals surface area contributed by atoms with Crippen molar-refractivity contribution in [2.45, 2.75) is 6.92 Å². The van der Waals surface area contributed by atoms with Crippen LogP contribution in [0.1, 0.15) is 6.92 Å². The minimum Gasteiger partial charge on any atom is -0.423 e. The van der Waals surface area contributed by atoms with E-state index in [1.54, 1.807) is 11.9 Å². The van der Waals surface area contributed by atoms with Crippen molar-refractivity contribution in [1.29, 1.82) is 0 Å². The highest BCUT2D eigenvalue weighted by atomic mass is 16.6. The molecular weight excluding hydrogens is 264 g/mol. The number of fused-ring (bicyclic) bond motifs is 1. The zero-order valence-corrected chi connectivity index (χ0v) is 11.1. The molecule has 1 aromatic heterocycles. The lowest BCUT2D eigenvalue weighted by Crippen LogP contribution is -2.31. The molecule has 1 amide bonds. The van der Waals surface area contributed by atoms with E-state index in [1.165, 1.54) is 18.2 Å². The number of nitrogens with zero attached hydrogens (tertiary/aromatic N) is 3. The van der Waals surface area contributed by atoms with Crippen molar-refractivity contribution in [3.63, 3.8) is 0 Å². The normalized spacial score (nSPS) is 10.5. The monoisotopic (exact) mass is 278 g/mol. The standard InChI is InChI=1S/C12H14N4O4/c1-3-15(2)11(17)7-13-12-14-9-5-4-8(16(18)19)6-10(9)20-12/h4-6H,3,7H2,1-2H3,(H,13,14). The highest BCUT2D eigenvalue weighted by molar-refractivity contribution is 5.81. The minimum atomic E-state index is -0.505. The molecule has 106 valence electrons. The Morgan fingerprint density at radius 2 is 2.30 bits per heavy atom. The molecule has 8 nitrogen and oxygen atoms in total. The van der Waals surface area contributed by atoms with E-state index in [1.807, 2.05) is 6.92 Å². The zero-order valence-electron chi connectivity index (χ0n) is 11.1. The van der Waals surface area contributed by atoms with Crippen molar-refractivity contribution in [2.24, 2.45) is 0 Å². The summed E-state index contributed by atoms with van der Waals surface area (Å²) in [5.74, 6) is -0.0965. The first-order chi connectivity index (χ1) is 9.51. The van der Waals surface area contributed by atoms with Gasteiger partial charge in [-0.3, -0.25) is 14.9 Å². The predicted molar refractivity (Wildman–Crippen MR) is 72.5 cm³/mol. The molecule has 20 heavy (non-hydrogen) atoms. The molecule has 0 spiro atoms. The third kappa shape index (κ3) is 2.85. The third-order valence-corrected chi connectivity index (χ3v) is 2.87. The number of anilines is 1. The summed E-state index contributed by atoms with van der Waals surface area (Å²) >= 11 is 0. The molecular formula is C12H14N4O4. The number of hydrogen-bond donors (Lipinski definition) is 1. The molecule has 1 heterocycles.